The van der Waals surface area contributed by atoms with E-state index in [4.69, 9.17) is 0 Å². The van der Waals surface area contributed by atoms with Crippen LogP contribution in [0.4, 0.5) is 0 Å². The van der Waals surface area contributed by atoms with Crippen molar-refractivity contribution in [3.63, 3.8) is 0 Å². The molecule has 4 heteroatoms. The molecule has 1 aromatic rings. The van der Waals surface area contributed by atoms with Crippen molar-refractivity contribution in [1.82, 2.24) is 0 Å². The van der Waals surface area contributed by atoms with Crippen LogP contribution in [-0.4, -0.2) is 0 Å². The van der Waals surface area contributed by atoms with Crippen LogP contribution in [0.1, 0.15) is 22.3 Å². The zero-order valence-corrected chi connectivity index (χ0v) is 15.1. The van der Waals surface area contributed by atoms with E-state index in [1.165, 1.54) is 22.3 Å². The van der Waals surface area contributed by atoms with Crippen molar-refractivity contribution < 1.29 is 57.7 Å². The summed E-state index contributed by atoms with van der Waals surface area (Å²) in [6, 6.07) is 4.59. The molecule has 0 spiro atoms. The molecule has 19 heavy (non-hydrogen) atoms. The van der Waals surface area contributed by atoms with E-state index in [-0.39, 0.29) is 40.9 Å². The van der Waals surface area contributed by atoms with E-state index in [1.807, 2.05) is 0 Å². The molecule has 0 saturated carbocycles. The molecule has 0 unspecified atom stereocenters. The van der Waals surface area contributed by atoms with Crippen LogP contribution < -0.4 is 37.2 Å². The van der Waals surface area contributed by atoms with E-state index in [0.717, 1.165) is 6.42 Å². The van der Waals surface area contributed by atoms with Crippen LogP contribution in [0.25, 0.3) is 0 Å². The normalized spacial score (nSPS) is 14.4. The third-order valence-corrected chi connectivity index (χ3v) is 4.10. The summed E-state index contributed by atoms with van der Waals surface area (Å²) < 4.78 is 0.213. The Morgan fingerprint density at radius 1 is 0.947 bits per heavy atom. The predicted molar refractivity (Wildman–Crippen MR) is 65.3 cm³/mol. The van der Waals surface area contributed by atoms with Gasteiger partial charge in [0, 0.05) is 0 Å². The molecule has 0 N–H and O–H groups in total. The summed E-state index contributed by atoms with van der Waals surface area (Å²) in [7, 11) is 0. The van der Waals surface area contributed by atoms with E-state index in [2.05, 4.69) is 77.6 Å². The van der Waals surface area contributed by atoms with Crippen molar-refractivity contribution in [3.05, 3.63) is 58.7 Å². The minimum atomic E-state index is 0. The summed E-state index contributed by atoms with van der Waals surface area (Å²) in [5.41, 5.74) is 5.70. The minimum absolute atomic E-state index is 0. The van der Waals surface area contributed by atoms with Crippen LogP contribution in [0.15, 0.2) is 36.4 Å². The summed E-state index contributed by atoms with van der Waals surface area (Å²) in [5.74, 6) is 0. The molecule has 1 aromatic carbocycles. The molecule has 1 aliphatic carbocycles. The second kappa shape index (κ2) is 8.54. The molecule has 0 fully saturated rings. The summed E-state index contributed by atoms with van der Waals surface area (Å²) in [5, 5.41) is 0. The van der Waals surface area contributed by atoms with Crippen molar-refractivity contribution in [2.45, 2.75) is 30.9 Å². The van der Waals surface area contributed by atoms with Gasteiger partial charge in [0.15, 0.2) is 0 Å². The third kappa shape index (κ3) is 5.29. The molecule has 0 aromatic heterocycles. The topological polar surface area (TPSA) is 0 Å². The van der Waals surface area contributed by atoms with Crippen LogP contribution in [0.2, 0.25) is 3.72 Å². The maximum atomic E-state index is 2.33. The largest absolute Gasteiger partial charge is 1.00 e. The quantitative estimate of drug-likeness (QED) is 0.468. The van der Waals surface area contributed by atoms with Crippen molar-refractivity contribution in [1.29, 1.82) is 0 Å². The number of allylic oxidation sites excluding steroid dienone is 4. The second-order valence-electron chi connectivity index (χ2n) is 4.80. The van der Waals surface area contributed by atoms with E-state index in [1.54, 1.807) is 0 Å². The van der Waals surface area contributed by atoms with Gasteiger partial charge in [-0.2, -0.15) is 0 Å². The first-order chi connectivity index (χ1) is 7.50. The fourth-order valence-corrected chi connectivity index (χ4v) is 2.85. The van der Waals surface area contributed by atoms with Gasteiger partial charge in [0.25, 0.3) is 0 Å². The summed E-state index contributed by atoms with van der Waals surface area (Å²) in [6.45, 7) is 6.61. The average molecular weight is 352 g/mol. The van der Waals surface area contributed by atoms with Gasteiger partial charge in [-0.3, -0.25) is 0 Å². The first-order valence-corrected chi connectivity index (χ1v) is 6.47. The fourth-order valence-electron chi connectivity index (χ4n) is 2.25. The van der Waals surface area contributed by atoms with Crippen molar-refractivity contribution in [2.24, 2.45) is 0 Å². The Morgan fingerprint density at radius 3 is 2.00 bits per heavy atom. The third-order valence-electron chi connectivity index (χ3n) is 3.30. The van der Waals surface area contributed by atoms with E-state index in [0.29, 0.717) is 0 Å². The molecule has 1 aliphatic rings. The first-order valence-electron chi connectivity index (χ1n) is 5.69. The molecule has 0 nitrogen and oxygen atoms in total. The zero-order valence-electron chi connectivity index (χ0n) is 11.3. The molecule has 0 saturated heterocycles. The molecular formula is C15H17Cl3Ti. The zero-order chi connectivity index (χ0) is 11.8. The average Bonchev–Trinajstić information content (AvgIpc) is 2.61. The molecule has 2 rings (SSSR count). The first kappa shape index (κ1) is 21.6. The van der Waals surface area contributed by atoms with Crippen molar-refractivity contribution >= 4 is 0 Å². The van der Waals surface area contributed by atoms with Crippen LogP contribution in [0.5, 0.6) is 0 Å². The number of aryl methyl sites for hydroxylation is 2. The maximum absolute atomic E-state index is 2.33. The molecule has 0 amide bonds. The maximum Gasteiger partial charge on any atom is -1.00 e. The van der Waals surface area contributed by atoms with Gasteiger partial charge in [-0.25, -0.2) is 0 Å². The number of hydrogen-bond acceptors (Lipinski definition) is 0. The van der Waals surface area contributed by atoms with E-state index < -0.39 is 0 Å². The Bertz CT molecular complexity index is 467. The molecular weight excluding hydrogens is 334 g/mol. The molecule has 0 aliphatic heterocycles. The molecule has 102 valence electrons. The van der Waals surface area contributed by atoms with Crippen molar-refractivity contribution in [2.75, 3.05) is 0 Å². The molecule has 0 heterocycles. The smallest absolute Gasteiger partial charge is 1.00 e. The van der Waals surface area contributed by atoms with Gasteiger partial charge in [0.1, 0.15) is 0 Å². The van der Waals surface area contributed by atoms with Crippen LogP contribution >= 0.6 is 0 Å². The van der Waals surface area contributed by atoms with Crippen LogP contribution in [-0.2, 0) is 26.9 Å². The fraction of sp³-hybridized carbons (Fsp3) is 0.333. The Balaban J connectivity index is 0. The van der Waals surface area contributed by atoms with E-state index >= 15 is 0 Å². The standard InChI is InChI=1S/C15H17.3ClH.Ti/c1-11-8-12(2)13(3)15(9-11)10-14-6-4-5-7-14;;;;/h4-9H,10H2,1-3H3;3*1H;/q;;;;+3/p-3. The second-order valence-corrected chi connectivity index (χ2v) is 6.25. The Kier molecular flexibility index (Phi) is 9.70. The Hall–Kier alpha value is 0.284. The number of rotatable bonds is 2. The van der Waals surface area contributed by atoms with Gasteiger partial charge in [0.05, 0.1) is 0 Å². The van der Waals surface area contributed by atoms with Gasteiger partial charge in [0.2, 0.25) is 0 Å². The number of benzene rings is 1. The summed E-state index contributed by atoms with van der Waals surface area (Å²) >= 11 is 2.30. The molecule has 0 radical (unpaired) electrons. The summed E-state index contributed by atoms with van der Waals surface area (Å²) in [6.07, 6.45) is 10.00. The van der Waals surface area contributed by atoms with Crippen LogP contribution in [0.3, 0.4) is 0 Å². The number of hydrogen-bond donors (Lipinski definition) is 0. The number of halogens is 3. The molecule has 0 bridgehead atoms. The predicted octanol–water partition coefficient (Wildman–Crippen LogP) is -5.00. The Labute approximate surface area is 146 Å². The summed E-state index contributed by atoms with van der Waals surface area (Å²) in [4.78, 5) is 0. The SMILES string of the molecule is Cc1cc(C)c(C)c(C[C]2([Ti+3])C=CC=C2)c1.[Cl-].[Cl-].[Cl-]. The minimum Gasteiger partial charge on any atom is -1.00 e. The Morgan fingerprint density at radius 2 is 1.47 bits per heavy atom. The molecule has 0 atom stereocenters. The van der Waals surface area contributed by atoms with Gasteiger partial charge in [-0.05, 0) is 0 Å². The van der Waals surface area contributed by atoms with Crippen molar-refractivity contribution in [3.8, 4) is 0 Å². The van der Waals surface area contributed by atoms with Gasteiger partial charge >= 0.3 is 110 Å². The van der Waals surface area contributed by atoms with E-state index in [9.17, 15) is 0 Å². The monoisotopic (exact) mass is 350 g/mol. The van der Waals surface area contributed by atoms with Gasteiger partial charge in [-0.15, -0.1) is 0 Å². The van der Waals surface area contributed by atoms with Gasteiger partial charge < -0.3 is 37.2 Å². The van der Waals surface area contributed by atoms with Gasteiger partial charge in [-0.1, -0.05) is 0 Å². The van der Waals surface area contributed by atoms with Crippen LogP contribution in [0, 0.1) is 20.8 Å².